The molecule has 4 rings (SSSR count). The lowest BCUT2D eigenvalue weighted by atomic mass is 10.0. The molecule has 1 aliphatic heterocycles. The number of carbonyl (C=O) groups excluding carboxylic acids is 1. The first-order valence-corrected chi connectivity index (χ1v) is 9.18. The summed E-state index contributed by atoms with van der Waals surface area (Å²) in [5, 5.41) is 9.87. The van der Waals surface area contributed by atoms with Crippen molar-refractivity contribution < 1.29 is 4.79 Å². The zero-order chi connectivity index (χ0) is 17.9. The number of rotatable bonds is 4. The molecule has 0 bridgehead atoms. The lowest BCUT2D eigenvalue weighted by Gasteiger charge is -2.33. The minimum atomic E-state index is -0.0804. The molecule has 0 saturated carbocycles. The number of aromatic nitrogens is 2. The van der Waals surface area contributed by atoms with Crippen LogP contribution < -0.4 is 5.32 Å². The number of likely N-dealkylation sites (tertiary alicyclic amines) is 1. The molecular weight excluding hydrogens is 324 g/mol. The van der Waals surface area contributed by atoms with Crippen LogP contribution in [0.15, 0.2) is 54.7 Å². The van der Waals surface area contributed by atoms with Crippen molar-refractivity contribution in [2.24, 2.45) is 7.05 Å². The summed E-state index contributed by atoms with van der Waals surface area (Å²) in [6.07, 6.45) is 3.91. The quantitative estimate of drug-likeness (QED) is 0.789. The van der Waals surface area contributed by atoms with Gasteiger partial charge in [-0.3, -0.25) is 14.4 Å². The highest BCUT2D eigenvalue weighted by molar-refractivity contribution is 5.92. The molecule has 1 atom stereocenters. The minimum Gasteiger partial charge on any atom is -0.347 e. The number of benzene rings is 2. The lowest BCUT2D eigenvalue weighted by molar-refractivity contribution is 0.0895. The van der Waals surface area contributed by atoms with E-state index >= 15 is 0 Å². The maximum absolute atomic E-state index is 12.3. The van der Waals surface area contributed by atoms with Crippen LogP contribution in [0.25, 0.3) is 10.8 Å². The number of carbonyl (C=O) groups is 1. The van der Waals surface area contributed by atoms with Crippen molar-refractivity contribution in [2.75, 3.05) is 13.1 Å². The van der Waals surface area contributed by atoms with Gasteiger partial charge in [-0.15, -0.1) is 0 Å². The zero-order valence-corrected chi connectivity index (χ0v) is 15.1. The molecule has 2 heterocycles. The highest BCUT2D eigenvalue weighted by Crippen LogP contribution is 2.19. The number of hydrogen-bond acceptors (Lipinski definition) is 3. The van der Waals surface area contributed by atoms with Crippen LogP contribution in [-0.2, 0) is 13.6 Å². The molecule has 5 heteroatoms. The normalized spacial score (nSPS) is 18.1. The molecule has 5 nitrogen and oxygen atoms in total. The van der Waals surface area contributed by atoms with Crippen molar-refractivity contribution in [3.05, 3.63) is 66.0 Å². The van der Waals surface area contributed by atoms with E-state index in [1.165, 1.54) is 16.3 Å². The molecule has 1 amide bonds. The molecular formula is C21H24N4O. The Morgan fingerprint density at radius 1 is 1.19 bits per heavy atom. The maximum Gasteiger partial charge on any atom is 0.272 e. The third-order valence-electron chi connectivity index (χ3n) is 5.01. The first kappa shape index (κ1) is 16.8. The van der Waals surface area contributed by atoms with Gasteiger partial charge in [0.05, 0.1) is 0 Å². The van der Waals surface area contributed by atoms with Crippen LogP contribution in [0.5, 0.6) is 0 Å². The average molecular weight is 348 g/mol. The number of nitrogens with one attached hydrogen (secondary N) is 1. The zero-order valence-electron chi connectivity index (χ0n) is 15.1. The van der Waals surface area contributed by atoms with E-state index in [0.717, 1.165) is 32.5 Å². The molecule has 1 aliphatic rings. The van der Waals surface area contributed by atoms with Crippen LogP contribution in [0, 0.1) is 0 Å². The monoisotopic (exact) mass is 348 g/mol. The molecule has 134 valence electrons. The Morgan fingerprint density at radius 2 is 2.04 bits per heavy atom. The highest BCUT2D eigenvalue weighted by atomic mass is 16.2. The standard InChI is InChI=1S/C21H24N4O/c1-24-12-10-20(23-24)21(26)22-19-7-4-11-25(15-19)14-16-8-9-17-5-2-3-6-18(17)13-16/h2-3,5-6,8-10,12-13,19H,4,7,11,14-15H2,1H3,(H,22,26). The maximum atomic E-state index is 12.3. The summed E-state index contributed by atoms with van der Waals surface area (Å²) in [6, 6.07) is 17.0. The molecule has 1 N–H and O–H groups in total. The Labute approximate surface area is 153 Å². The minimum absolute atomic E-state index is 0.0804. The summed E-state index contributed by atoms with van der Waals surface area (Å²) in [7, 11) is 1.82. The number of amides is 1. The third-order valence-corrected chi connectivity index (χ3v) is 5.01. The number of aryl methyl sites for hydroxylation is 1. The average Bonchev–Trinajstić information content (AvgIpc) is 3.08. The third kappa shape index (κ3) is 3.78. The summed E-state index contributed by atoms with van der Waals surface area (Å²) >= 11 is 0. The van der Waals surface area contributed by atoms with Gasteiger partial charge in [-0.05, 0) is 47.9 Å². The van der Waals surface area contributed by atoms with Gasteiger partial charge < -0.3 is 5.32 Å². The van der Waals surface area contributed by atoms with E-state index in [1.54, 1.807) is 16.9 Å². The van der Waals surface area contributed by atoms with Crippen LogP contribution in [0.4, 0.5) is 0 Å². The molecule has 0 spiro atoms. The molecule has 1 saturated heterocycles. The summed E-state index contributed by atoms with van der Waals surface area (Å²) in [5.41, 5.74) is 1.81. The van der Waals surface area contributed by atoms with Crippen LogP contribution in [0.1, 0.15) is 28.9 Å². The van der Waals surface area contributed by atoms with Crippen molar-refractivity contribution in [3.8, 4) is 0 Å². The van der Waals surface area contributed by atoms with Crippen molar-refractivity contribution >= 4 is 16.7 Å². The molecule has 1 unspecified atom stereocenters. The van der Waals surface area contributed by atoms with E-state index in [4.69, 9.17) is 0 Å². The first-order chi connectivity index (χ1) is 12.7. The number of hydrogen-bond donors (Lipinski definition) is 1. The van der Waals surface area contributed by atoms with E-state index in [9.17, 15) is 4.79 Å². The topological polar surface area (TPSA) is 50.2 Å². The van der Waals surface area contributed by atoms with E-state index in [0.29, 0.717) is 5.69 Å². The Morgan fingerprint density at radius 3 is 2.85 bits per heavy atom. The second kappa shape index (κ2) is 7.30. The van der Waals surface area contributed by atoms with E-state index in [-0.39, 0.29) is 11.9 Å². The number of nitrogens with zero attached hydrogens (tertiary/aromatic N) is 3. The van der Waals surface area contributed by atoms with Gasteiger partial charge in [0.15, 0.2) is 0 Å². The molecule has 1 fully saturated rings. The van der Waals surface area contributed by atoms with Crippen LogP contribution in [-0.4, -0.2) is 39.7 Å². The summed E-state index contributed by atoms with van der Waals surface area (Å²) in [4.78, 5) is 14.8. The van der Waals surface area contributed by atoms with Crippen LogP contribution >= 0.6 is 0 Å². The second-order valence-corrected chi connectivity index (χ2v) is 7.10. The summed E-state index contributed by atoms with van der Waals surface area (Å²) < 4.78 is 1.65. The summed E-state index contributed by atoms with van der Waals surface area (Å²) in [6.45, 7) is 2.87. The predicted molar refractivity (Wildman–Crippen MR) is 103 cm³/mol. The van der Waals surface area contributed by atoms with Crippen molar-refractivity contribution in [1.82, 2.24) is 20.0 Å². The van der Waals surface area contributed by atoms with Gasteiger partial charge >= 0.3 is 0 Å². The fourth-order valence-electron chi connectivity index (χ4n) is 3.71. The SMILES string of the molecule is Cn1ccc(C(=O)NC2CCCN(Cc3ccc4ccccc4c3)C2)n1. The van der Waals surface area contributed by atoms with Gasteiger partial charge in [-0.25, -0.2) is 0 Å². The predicted octanol–water partition coefficient (Wildman–Crippen LogP) is 2.97. The Hall–Kier alpha value is -2.66. The molecule has 1 aromatic heterocycles. The van der Waals surface area contributed by atoms with Gasteiger partial charge in [0.25, 0.3) is 5.91 Å². The van der Waals surface area contributed by atoms with E-state index in [2.05, 4.69) is 57.8 Å². The molecule has 3 aromatic rings. The lowest BCUT2D eigenvalue weighted by Crippen LogP contribution is -2.47. The fraction of sp³-hybridized carbons (Fsp3) is 0.333. The summed E-state index contributed by atoms with van der Waals surface area (Å²) in [5.74, 6) is -0.0804. The number of piperidine rings is 1. The first-order valence-electron chi connectivity index (χ1n) is 9.18. The van der Waals surface area contributed by atoms with Gasteiger partial charge in [0.2, 0.25) is 0 Å². The second-order valence-electron chi connectivity index (χ2n) is 7.10. The van der Waals surface area contributed by atoms with Crippen molar-refractivity contribution in [1.29, 1.82) is 0 Å². The van der Waals surface area contributed by atoms with Gasteiger partial charge in [0.1, 0.15) is 5.69 Å². The van der Waals surface area contributed by atoms with Crippen LogP contribution in [0.3, 0.4) is 0 Å². The van der Waals surface area contributed by atoms with E-state index in [1.807, 2.05) is 7.05 Å². The molecule has 0 radical (unpaired) electrons. The smallest absolute Gasteiger partial charge is 0.272 e. The molecule has 0 aliphatic carbocycles. The van der Waals surface area contributed by atoms with Crippen molar-refractivity contribution in [2.45, 2.75) is 25.4 Å². The van der Waals surface area contributed by atoms with Gasteiger partial charge in [-0.1, -0.05) is 36.4 Å². The molecule has 2 aromatic carbocycles. The Bertz CT molecular complexity index is 917. The fourth-order valence-corrected chi connectivity index (χ4v) is 3.71. The van der Waals surface area contributed by atoms with Gasteiger partial charge in [-0.2, -0.15) is 5.10 Å². The van der Waals surface area contributed by atoms with Crippen LogP contribution in [0.2, 0.25) is 0 Å². The Balaban J connectivity index is 1.39. The van der Waals surface area contributed by atoms with E-state index < -0.39 is 0 Å². The number of fused-ring (bicyclic) bond motifs is 1. The van der Waals surface area contributed by atoms with Crippen molar-refractivity contribution in [3.63, 3.8) is 0 Å². The Kier molecular flexibility index (Phi) is 4.71. The molecule has 26 heavy (non-hydrogen) atoms. The van der Waals surface area contributed by atoms with Gasteiger partial charge in [0, 0.05) is 32.4 Å². The largest absolute Gasteiger partial charge is 0.347 e. The highest BCUT2D eigenvalue weighted by Gasteiger charge is 2.22.